The zero-order valence-corrected chi connectivity index (χ0v) is 12.4. The number of aromatic nitrogens is 4. The number of benzene rings is 1. The van der Waals surface area contributed by atoms with Crippen molar-refractivity contribution < 1.29 is 0 Å². The highest BCUT2D eigenvalue weighted by molar-refractivity contribution is 5.73. The predicted octanol–water partition coefficient (Wildman–Crippen LogP) is 3.41. The first-order valence-electron chi connectivity index (χ1n) is 7.58. The minimum Gasteiger partial charge on any atom is -0.247 e. The van der Waals surface area contributed by atoms with Gasteiger partial charge in [-0.15, -0.1) is 0 Å². The van der Waals surface area contributed by atoms with E-state index in [2.05, 4.69) is 46.3 Å². The Morgan fingerprint density at radius 3 is 2.71 bits per heavy atom. The lowest BCUT2D eigenvalue weighted by Crippen LogP contribution is -2.05. The fourth-order valence-electron chi connectivity index (χ4n) is 2.40. The van der Waals surface area contributed by atoms with Crippen molar-refractivity contribution in [3.8, 4) is 0 Å². The number of rotatable bonds is 6. The second kappa shape index (κ2) is 6.48. The first-order valence-corrected chi connectivity index (χ1v) is 7.58. The normalized spacial score (nSPS) is 11.1. The number of unbranched alkanes of at least 4 members (excludes halogenated alkanes) is 1. The molecule has 0 aliphatic heterocycles. The minimum absolute atomic E-state index is 0.845. The molecule has 0 radical (unpaired) electrons. The third kappa shape index (κ3) is 3.27. The summed E-state index contributed by atoms with van der Waals surface area (Å²) >= 11 is 0. The van der Waals surface area contributed by atoms with Crippen molar-refractivity contribution in [1.29, 1.82) is 0 Å². The summed E-state index contributed by atoms with van der Waals surface area (Å²) in [6.07, 6.45) is 7.93. The lowest BCUT2D eigenvalue weighted by atomic mass is 10.1. The van der Waals surface area contributed by atoms with E-state index < -0.39 is 0 Å². The standard InChI is InChI=1S/C17H20N4/c1-2-3-9-16-18-12-15-13-19-21(17(15)20-16)11-10-14-7-5-4-6-8-14/h4-8,12-13H,2-3,9-11H2,1H3. The lowest BCUT2D eigenvalue weighted by Gasteiger charge is -2.04. The molecule has 0 spiro atoms. The summed E-state index contributed by atoms with van der Waals surface area (Å²) in [7, 11) is 0. The van der Waals surface area contributed by atoms with E-state index in [-0.39, 0.29) is 0 Å². The molecular formula is C17H20N4. The Morgan fingerprint density at radius 2 is 1.90 bits per heavy atom. The molecule has 3 rings (SSSR count). The highest BCUT2D eigenvalue weighted by Crippen LogP contribution is 2.12. The number of aryl methyl sites for hydroxylation is 3. The van der Waals surface area contributed by atoms with Crippen LogP contribution in [-0.4, -0.2) is 19.7 Å². The molecule has 0 saturated heterocycles. The molecular weight excluding hydrogens is 260 g/mol. The summed E-state index contributed by atoms with van der Waals surface area (Å²) in [6.45, 7) is 3.03. The number of nitrogens with zero attached hydrogens (tertiary/aromatic N) is 4. The van der Waals surface area contributed by atoms with Crippen molar-refractivity contribution in [2.75, 3.05) is 0 Å². The van der Waals surface area contributed by atoms with E-state index in [0.29, 0.717) is 0 Å². The second-order valence-corrected chi connectivity index (χ2v) is 5.27. The number of hydrogen-bond donors (Lipinski definition) is 0. The molecule has 108 valence electrons. The number of hydrogen-bond acceptors (Lipinski definition) is 3. The van der Waals surface area contributed by atoms with Gasteiger partial charge < -0.3 is 0 Å². The maximum Gasteiger partial charge on any atom is 0.161 e. The molecule has 4 heteroatoms. The fourth-order valence-corrected chi connectivity index (χ4v) is 2.40. The highest BCUT2D eigenvalue weighted by atomic mass is 15.3. The molecule has 1 aromatic carbocycles. The monoisotopic (exact) mass is 280 g/mol. The summed E-state index contributed by atoms with van der Waals surface area (Å²) in [4.78, 5) is 9.09. The molecule has 0 amide bonds. The molecule has 21 heavy (non-hydrogen) atoms. The van der Waals surface area contributed by atoms with Gasteiger partial charge in [-0.3, -0.25) is 0 Å². The van der Waals surface area contributed by atoms with E-state index in [0.717, 1.165) is 49.1 Å². The van der Waals surface area contributed by atoms with E-state index in [1.807, 2.05) is 23.1 Å². The molecule has 0 N–H and O–H groups in total. The molecule has 0 aliphatic rings. The molecule has 0 aliphatic carbocycles. The van der Waals surface area contributed by atoms with Crippen LogP contribution in [0, 0.1) is 0 Å². The van der Waals surface area contributed by atoms with Gasteiger partial charge >= 0.3 is 0 Å². The Labute approximate surface area is 124 Å². The first-order chi connectivity index (χ1) is 10.4. The van der Waals surface area contributed by atoms with Gasteiger partial charge in [0, 0.05) is 19.2 Å². The molecule has 0 saturated carbocycles. The summed E-state index contributed by atoms with van der Waals surface area (Å²) < 4.78 is 1.99. The summed E-state index contributed by atoms with van der Waals surface area (Å²) in [5.41, 5.74) is 2.27. The van der Waals surface area contributed by atoms with Gasteiger partial charge in [0.05, 0.1) is 11.6 Å². The molecule has 3 aromatic rings. The molecule has 2 heterocycles. The van der Waals surface area contributed by atoms with Gasteiger partial charge in [0.2, 0.25) is 0 Å². The van der Waals surface area contributed by atoms with Crippen LogP contribution in [0.15, 0.2) is 42.7 Å². The Bertz CT molecular complexity index is 703. The van der Waals surface area contributed by atoms with Gasteiger partial charge in [-0.25, -0.2) is 14.6 Å². The van der Waals surface area contributed by atoms with Gasteiger partial charge in [-0.1, -0.05) is 43.7 Å². The zero-order valence-electron chi connectivity index (χ0n) is 12.4. The van der Waals surface area contributed by atoms with Gasteiger partial charge in [0.25, 0.3) is 0 Å². The van der Waals surface area contributed by atoms with Crippen molar-refractivity contribution in [2.45, 2.75) is 39.2 Å². The van der Waals surface area contributed by atoms with Crippen molar-refractivity contribution >= 4 is 11.0 Å². The topological polar surface area (TPSA) is 43.6 Å². The molecule has 2 aromatic heterocycles. The Balaban J connectivity index is 1.78. The molecule has 4 nitrogen and oxygen atoms in total. The van der Waals surface area contributed by atoms with Crippen LogP contribution in [0.4, 0.5) is 0 Å². The van der Waals surface area contributed by atoms with E-state index in [9.17, 15) is 0 Å². The quantitative estimate of drug-likeness (QED) is 0.695. The van der Waals surface area contributed by atoms with E-state index >= 15 is 0 Å². The maximum absolute atomic E-state index is 4.67. The second-order valence-electron chi connectivity index (χ2n) is 5.27. The Hall–Kier alpha value is -2.23. The van der Waals surface area contributed by atoms with Crippen molar-refractivity contribution in [1.82, 2.24) is 19.7 Å². The average molecular weight is 280 g/mol. The van der Waals surface area contributed by atoms with Crippen LogP contribution in [0.2, 0.25) is 0 Å². The van der Waals surface area contributed by atoms with Crippen molar-refractivity contribution in [3.05, 3.63) is 54.1 Å². The smallest absolute Gasteiger partial charge is 0.161 e. The molecule has 0 bridgehead atoms. The van der Waals surface area contributed by atoms with E-state index in [1.54, 1.807) is 0 Å². The third-order valence-corrected chi connectivity index (χ3v) is 3.64. The van der Waals surface area contributed by atoms with E-state index in [1.165, 1.54) is 5.56 Å². The van der Waals surface area contributed by atoms with Gasteiger partial charge in [0.15, 0.2) is 5.65 Å². The van der Waals surface area contributed by atoms with Gasteiger partial charge in [0.1, 0.15) is 5.82 Å². The minimum atomic E-state index is 0.845. The van der Waals surface area contributed by atoms with Crippen LogP contribution in [0.5, 0.6) is 0 Å². The van der Waals surface area contributed by atoms with Gasteiger partial charge in [-0.2, -0.15) is 5.10 Å². The van der Waals surface area contributed by atoms with Crippen LogP contribution in [0.1, 0.15) is 31.2 Å². The summed E-state index contributed by atoms with van der Waals surface area (Å²) in [5, 5.41) is 5.46. The van der Waals surface area contributed by atoms with Crippen molar-refractivity contribution in [3.63, 3.8) is 0 Å². The fraction of sp³-hybridized carbons (Fsp3) is 0.353. The van der Waals surface area contributed by atoms with E-state index in [4.69, 9.17) is 0 Å². The SMILES string of the molecule is CCCCc1ncc2cnn(CCc3ccccc3)c2n1. The van der Waals surface area contributed by atoms with Crippen LogP contribution in [-0.2, 0) is 19.4 Å². The summed E-state index contributed by atoms with van der Waals surface area (Å²) in [6, 6.07) is 10.5. The lowest BCUT2D eigenvalue weighted by molar-refractivity contribution is 0.627. The van der Waals surface area contributed by atoms with Gasteiger partial charge in [-0.05, 0) is 18.4 Å². The highest BCUT2D eigenvalue weighted by Gasteiger charge is 2.06. The zero-order chi connectivity index (χ0) is 14.5. The molecule has 0 unspecified atom stereocenters. The van der Waals surface area contributed by atoms with Crippen LogP contribution < -0.4 is 0 Å². The maximum atomic E-state index is 4.67. The summed E-state index contributed by atoms with van der Waals surface area (Å²) in [5.74, 6) is 0.922. The van der Waals surface area contributed by atoms with Crippen molar-refractivity contribution in [2.24, 2.45) is 0 Å². The first kappa shape index (κ1) is 13.7. The van der Waals surface area contributed by atoms with Crippen LogP contribution in [0.25, 0.3) is 11.0 Å². The Morgan fingerprint density at radius 1 is 1.05 bits per heavy atom. The average Bonchev–Trinajstić information content (AvgIpc) is 2.94. The number of fused-ring (bicyclic) bond motifs is 1. The van der Waals surface area contributed by atoms with Crippen LogP contribution >= 0.6 is 0 Å². The largest absolute Gasteiger partial charge is 0.247 e. The molecule has 0 atom stereocenters. The predicted molar refractivity (Wildman–Crippen MR) is 84.1 cm³/mol. The van der Waals surface area contributed by atoms with Crippen LogP contribution in [0.3, 0.4) is 0 Å². The Kier molecular flexibility index (Phi) is 4.24. The third-order valence-electron chi connectivity index (χ3n) is 3.64. The molecule has 0 fully saturated rings.